The molecule has 0 radical (unpaired) electrons. The first-order valence-electron chi connectivity index (χ1n) is 10.7. The number of aldehydes is 1. The Morgan fingerprint density at radius 2 is 1.88 bits per heavy atom. The van der Waals surface area contributed by atoms with E-state index in [1.807, 2.05) is 41.1 Å². The molecule has 1 aromatic carbocycles. The van der Waals surface area contributed by atoms with Gasteiger partial charge in [-0.05, 0) is 24.2 Å². The predicted octanol–water partition coefficient (Wildman–Crippen LogP) is 2.60. The van der Waals surface area contributed by atoms with E-state index in [-0.39, 0.29) is 5.88 Å². The summed E-state index contributed by atoms with van der Waals surface area (Å²) >= 11 is 0. The first kappa shape index (κ1) is 23.2. The van der Waals surface area contributed by atoms with Crippen LogP contribution in [0, 0.1) is 0 Å². The van der Waals surface area contributed by atoms with Gasteiger partial charge in [-0.25, -0.2) is 0 Å². The highest BCUT2D eigenvalue weighted by Crippen LogP contribution is 2.36. The fraction of sp³-hybridized carbons (Fsp3) is 0.435. The predicted molar refractivity (Wildman–Crippen MR) is 115 cm³/mol. The van der Waals surface area contributed by atoms with E-state index in [1.165, 1.54) is 6.07 Å². The molecule has 0 saturated carbocycles. The van der Waals surface area contributed by atoms with Crippen LogP contribution in [0.1, 0.15) is 22.7 Å². The largest absolute Gasteiger partial charge is 0.468 e. The number of carbonyl (C=O) groups excluding carboxylic acids is 2. The molecule has 1 saturated heterocycles. The number of aromatic nitrogens is 1. The van der Waals surface area contributed by atoms with Crippen molar-refractivity contribution in [1.82, 2.24) is 14.8 Å². The fourth-order valence-electron chi connectivity index (χ4n) is 4.33. The van der Waals surface area contributed by atoms with Crippen LogP contribution in [0.15, 0.2) is 36.4 Å². The fourth-order valence-corrected chi connectivity index (χ4v) is 4.33. The number of fused-ring (bicyclic) bond motifs is 1. The molecule has 2 aliphatic rings. The second-order valence-corrected chi connectivity index (χ2v) is 8.35. The maximum absolute atomic E-state index is 12.6. The molecule has 33 heavy (non-hydrogen) atoms. The van der Waals surface area contributed by atoms with Crippen LogP contribution in [0.4, 0.5) is 19.0 Å². The number of rotatable bonds is 7. The highest BCUT2D eigenvalue weighted by molar-refractivity contribution is 6.27. The molecule has 1 unspecified atom stereocenters. The van der Waals surface area contributed by atoms with E-state index in [9.17, 15) is 22.8 Å². The number of pyridine rings is 1. The molecule has 10 heteroatoms. The SMILES string of the molecule is CN1CCN(c2nc(OCC(F)(F)F)ccc2CN2Cc3ccccc3C2C(=O)C=O)CC1. The van der Waals surface area contributed by atoms with Crippen LogP contribution in [0.25, 0.3) is 0 Å². The normalized spacial score (nSPS) is 19.4. The molecule has 2 aliphatic heterocycles. The third-order valence-electron chi connectivity index (χ3n) is 5.96. The number of benzene rings is 1. The first-order chi connectivity index (χ1) is 15.7. The van der Waals surface area contributed by atoms with E-state index in [4.69, 9.17) is 4.74 Å². The number of hydrogen-bond donors (Lipinski definition) is 0. The number of hydrogen-bond acceptors (Lipinski definition) is 7. The van der Waals surface area contributed by atoms with Gasteiger partial charge in [0.15, 0.2) is 12.9 Å². The Balaban J connectivity index is 1.63. The van der Waals surface area contributed by atoms with Gasteiger partial charge in [0.05, 0.1) is 0 Å². The second kappa shape index (κ2) is 9.48. The van der Waals surface area contributed by atoms with Crippen molar-refractivity contribution in [2.45, 2.75) is 25.3 Å². The lowest BCUT2D eigenvalue weighted by atomic mass is 10.0. The lowest BCUT2D eigenvalue weighted by Gasteiger charge is -2.35. The summed E-state index contributed by atoms with van der Waals surface area (Å²) in [5, 5.41) is 0. The monoisotopic (exact) mass is 462 g/mol. The highest BCUT2D eigenvalue weighted by atomic mass is 19.4. The number of ketones is 1. The molecule has 7 nitrogen and oxygen atoms in total. The zero-order valence-corrected chi connectivity index (χ0v) is 18.2. The van der Waals surface area contributed by atoms with E-state index >= 15 is 0 Å². The molecular formula is C23H25F3N4O3. The van der Waals surface area contributed by atoms with Gasteiger partial charge in [-0.15, -0.1) is 0 Å². The van der Waals surface area contributed by atoms with Crippen molar-refractivity contribution < 1.29 is 27.5 Å². The average Bonchev–Trinajstić information content (AvgIpc) is 3.16. The maximum atomic E-state index is 12.6. The van der Waals surface area contributed by atoms with E-state index in [2.05, 4.69) is 9.88 Å². The third kappa shape index (κ3) is 5.33. The molecule has 2 aromatic rings. The second-order valence-electron chi connectivity index (χ2n) is 8.35. The van der Waals surface area contributed by atoms with E-state index in [0.717, 1.165) is 29.8 Å². The van der Waals surface area contributed by atoms with Crippen LogP contribution in [0.3, 0.4) is 0 Å². The molecule has 0 N–H and O–H groups in total. The molecule has 4 rings (SSSR count). The van der Waals surface area contributed by atoms with Crippen LogP contribution < -0.4 is 9.64 Å². The summed E-state index contributed by atoms with van der Waals surface area (Å²) in [6, 6.07) is 9.90. The van der Waals surface area contributed by atoms with Crippen molar-refractivity contribution in [3.05, 3.63) is 53.1 Å². The Morgan fingerprint density at radius 1 is 1.15 bits per heavy atom. The van der Waals surface area contributed by atoms with Crippen LogP contribution in [0.5, 0.6) is 5.88 Å². The van der Waals surface area contributed by atoms with Crippen LogP contribution in [0.2, 0.25) is 0 Å². The highest BCUT2D eigenvalue weighted by Gasteiger charge is 2.36. The van der Waals surface area contributed by atoms with Crippen LogP contribution in [-0.2, 0) is 22.7 Å². The van der Waals surface area contributed by atoms with Gasteiger partial charge < -0.3 is 14.5 Å². The summed E-state index contributed by atoms with van der Waals surface area (Å²) in [5.74, 6) is -0.0922. The minimum absolute atomic E-state index is 0.102. The van der Waals surface area contributed by atoms with Crippen LogP contribution in [-0.4, -0.2) is 72.9 Å². The third-order valence-corrected chi connectivity index (χ3v) is 5.96. The first-order valence-corrected chi connectivity index (χ1v) is 10.7. The molecule has 1 fully saturated rings. The molecule has 0 aliphatic carbocycles. The number of piperazine rings is 1. The van der Waals surface area contributed by atoms with Gasteiger partial charge in [-0.3, -0.25) is 14.5 Å². The van der Waals surface area contributed by atoms with Crippen molar-refractivity contribution >= 4 is 17.9 Å². The minimum atomic E-state index is -4.46. The number of anilines is 1. The Kier molecular flexibility index (Phi) is 6.66. The topological polar surface area (TPSA) is 66.0 Å². The van der Waals surface area contributed by atoms with Crippen molar-refractivity contribution in [2.24, 2.45) is 0 Å². The van der Waals surface area contributed by atoms with Gasteiger partial charge in [0.1, 0.15) is 11.9 Å². The Bertz CT molecular complexity index is 1020. The standard InChI is InChI=1S/C23H25F3N4O3/c1-28-8-10-29(11-9-28)22-17(6-7-20(27-22)33-15-23(24,25)26)13-30-12-16-4-2-3-5-18(16)21(30)19(32)14-31/h2-7,14,21H,8-13,15H2,1H3. The molecule has 0 bridgehead atoms. The Labute approximate surface area is 189 Å². The van der Waals surface area contributed by atoms with Gasteiger partial charge in [0.2, 0.25) is 11.7 Å². The summed E-state index contributed by atoms with van der Waals surface area (Å²) in [6.45, 7) is 2.28. The van der Waals surface area contributed by atoms with E-state index in [0.29, 0.717) is 38.3 Å². The lowest BCUT2D eigenvalue weighted by Crippen LogP contribution is -2.45. The number of Topliss-reactive ketones (excluding diaryl/α,β-unsaturated/α-hetero) is 1. The number of carbonyl (C=O) groups is 2. The Morgan fingerprint density at radius 3 is 2.58 bits per heavy atom. The number of nitrogens with zero attached hydrogens (tertiary/aromatic N) is 4. The zero-order valence-electron chi connectivity index (χ0n) is 18.2. The number of ether oxygens (including phenoxy) is 1. The van der Waals surface area contributed by atoms with Crippen LogP contribution >= 0.6 is 0 Å². The molecule has 1 atom stereocenters. The summed E-state index contributed by atoms with van der Waals surface area (Å²) in [4.78, 5) is 34.3. The summed E-state index contributed by atoms with van der Waals surface area (Å²) in [6.07, 6.45) is -4.12. The zero-order chi connectivity index (χ0) is 23.6. The van der Waals surface area contributed by atoms with Crippen molar-refractivity contribution in [1.29, 1.82) is 0 Å². The van der Waals surface area contributed by atoms with Gasteiger partial charge in [-0.1, -0.05) is 24.3 Å². The van der Waals surface area contributed by atoms with E-state index < -0.39 is 24.6 Å². The van der Waals surface area contributed by atoms with Gasteiger partial charge in [0.25, 0.3) is 0 Å². The van der Waals surface area contributed by atoms with Crippen molar-refractivity contribution in [2.75, 3.05) is 44.7 Å². The molecule has 3 heterocycles. The Hall–Kier alpha value is -2.98. The van der Waals surface area contributed by atoms with E-state index in [1.54, 1.807) is 6.07 Å². The van der Waals surface area contributed by atoms with Crippen molar-refractivity contribution in [3.8, 4) is 5.88 Å². The quantitative estimate of drug-likeness (QED) is 0.463. The maximum Gasteiger partial charge on any atom is 0.422 e. The molecular weight excluding hydrogens is 437 g/mol. The minimum Gasteiger partial charge on any atom is -0.468 e. The van der Waals surface area contributed by atoms with Gasteiger partial charge in [-0.2, -0.15) is 18.2 Å². The van der Waals surface area contributed by atoms with Crippen molar-refractivity contribution in [3.63, 3.8) is 0 Å². The number of alkyl halides is 3. The molecule has 1 aromatic heterocycles. The lowest BCUT2D eigenvalue weighted by molar-refractivity contribution is -0.154. The molecule has 0 spiro atoms. The molecule has 176 valence electrons. The summed E-state index contributed by atoms with van der Waals surface area (Å²) in [7, 11) is 2.01. The summed E-state index contributed by atoms with van der Waals surface area (Å²) < 4.78 is 42.8. The average molecular weight is 462 g/mol. The summed E-state index contributed by atoms with van der Waals surface area (Å²) in [5.41, 5.74) is 2.53. The van der Waals surface area contributed by atoms with Gasteiger partial charge in [0, 0.05) is 50.9 Å². The smallest absolute Gasteiger partial charge is 0.422 e. The molecule has 0 amide bonds. The number of halogens is 3. The van der Waals surface area contributed by atoms with Gasteiger partial charge >= 0.3 is 6.18 Å². The number of likely N-dealkylation sites (N-methyl/N-ethyl adjacent to an activating group) is 1.